The number of hydrogen-bond acceptors (Lipinski definition) is 5. The first-order valence-electron chi connectivity index (χ1n) is 8.83. The second-order valence-electron chi connectivity index (χ2n) is 6.45. The van der Waals surface area contributed by atoms with Gasteiger partial charge in [0.05, 0.1) is 23.2 Å². The van der Waals surface area contributed by atoms with E-state index in [1.54, 1.807) is 22.8 Å². The molecule has 7 heteroatoms. The normalized spacial score (nSPS) is 10.9. The van der Waals surface area contributed by atoms with E-state index in [0.717, 1.165) is 11.1 Å². The Kier molecular flexibility index (Phi) is 4.86. The Bertz CT molecular complexity index is 1250. The predicted molar refractivity (Wildman–Crippen MR) is 109 cm³/mol. The third kappa shape index (κ3) is 3.39. The number of carbonyl (C=O) groups excluding carboxylic acids is 2. The van der Waals surface area contributed by atoms with Crippen LogP contribution in [0, 0.1) is 6.92 Å². The zero-order chi connectivity index (χ0) is 20.5. The summed E-state index contributed by atoms with van der Waals surface area (Å²) in [5.74, 6) is -0.947. The molecule has 4 rings (SSSR count). The van der Waals surface area contributed by atoms with Gasteiger partial charge in [0.25, 0.3) is 0 Å². The molecule has 0 aliphatic carbocycles. The largest absolute Gasteiger partial charge is 0.464 e. The third-order valence-corrected chi connectivity index (χ3v) is 4.96. The van der Waals surface area contributed by atoms with Crippen LogP contribution in [0.1, 0.15) is 32.1 Å². The number of esters is 1. The number of hydrogen-bond donors (Lipinski definition) is 0. The number of nitrogens with zero attached hydrogens (tertiary/aromatic N) is 3. The van der Waals surface area contributed by atoms with Crippen molar-refractivity contribution in [3.05, 3.63) is 88.3 Å². The highest BCUT2D eigenvalue weighted by molar-refractivity contribution is 6.31. The topological polar surface area (TPSA) is 73.6 Å². The fourth-order valence-corrected chi connectivity index (χ4v) is 3.24. The number of aryl methyl sites for hydroxylation is 1. The van der Waals surface area contributed by atoms with Gasteiger partial charge in [-0.15, -0.1) is 0 Å². The molecule has 29 heavy (non-hydrogen) atoms. The van der Waals surface area contributed by atoms with Crippen molar-refractivity contribution in [2.24, 2.45) is 0 Å². The first-order valence-corrected chi connectivity index (χ1v) is 9.21. The van der Waals surface area contributed by atoms with E-state index in [4.69, 9.17) is 16.3 Å². The maximum Gasteiger partial charge on any atom is 0.356 e. The molecule has 3 heterocycles. The van der Waals surface area contributed by atoms with Crippen LogP contribution in [0.25, 0.3) is 16.8 Å². The average molecular weight is 406 g/mol. The molecule has 0 aliphatic rings. The summed E-state index contributed by atoms with van der Waals surface area (Å²) < 4.78 is 6.30. The maximum absolute atomic E-state index is 13.5. The van der Waals surface area contributed by atoms with Gasteiger partial charge < -0.3 is 4.74 Å². The molecular weight excluding hydrogens is 390 g/mol. The van der Waals surface area contributed by atoms with E-state index >= 15 is 0 Å². The van der Waals surface area contributed by atoms with Gasteiger partial charge >= 0.3 is 5.97 Å². The zero-order valence-corrected chi connectivity index (χ0v) is 16.5. The molecule has 0 atom stereocenters. The maximum atomic E-state index is 13.5. The lowest BCUT2D eigenvalue weighted by Gasteiger charge is -2.05. The van der Waals surface area contributed by atoms with Crippen molar-refractivity contribution in [1.82, 2.24) is 14.6 Å². The summed E-state index contributed by atoms with van der Waals surface area (Å²) >= 11 is 6.25. The minimum Gasteiger partial charge on any atom is -0.464 e. The first kappa shape index (κ1) is 18.8. The van der Waals surface area contributed by atoms with Crippen molar-refractivity contribution >= 4 is 28.9 Å². The highest BCUT2D eigenvalue weighted by Gasteiger charge is 2.24. The van der Waals surface area contributed by atoms with Gasteiger partial charge in [0, 0.05) is 11.8 Å². The number of ketones is 1. The summed E-state index contributed by atoms with van der Waals surface area (Å²) in [6.07, 6.45) is 1.67. The SMILES string of the molecule is COC(=O)c1cccc(C(=O)c2c(-c3ccccc3)nn3cc(Cl)c(C)cc23)n1. The second-order valence-corrected chi connectivity index (χ2v) is 6.86. The Morgan fingerprint density at radius 1 is 1.03 bits per heavy atom. The number of fused-ring (bicyclic) bond motifs is 1. The summed E-state index contributed by atoms with van der Waals surface area (Å²) in [6.45, 7) is 1.86. The minimum absolute atomic E-state index is 0.0651. The highest BCUT2D eigenvalue weighted by atomic mass is 35.5. The molecule has 4 aromatic rings. The van der Waals surface area contributed by atoms with E-state index in [1.165, 1.54) is 13.2 Å². The summed E-state index contributed by atoms with van der Waals surface area (Å²) in [7, 11) is 1.27. The molecule has 0 saturated carbocycles. The summed E-state index contributed by atoms with van der Waals surface area (Å²) in [5.41, 5.74) is 3.33. The van der Waals surface area contributed by atoms with Gasteiger partial charge in [-0.1, -0.05) is 48.0 Å². The predicted octanol–water partition coefficient (Wildman–Crippen LogP) is 4.38. The molecule has 0 unspecified atom stereocenters. The number of ether oxygens (including phenoxy) is 1. The van der Waals surface area contributed by atoms with Crippen molar-refractivity contribution in [3.63, 3.8) is 0 Å². The second kappa shape index (κ2) is 7.48. The number of aromatic nitrogens is 3. The lowest BCUT2D eigenvalue weighted by Crippen LogP contribution is -2.10. The molecule has 0 fully saturated rings. The van der Waals surface area contributed by atoms with Crippen LogP contribution in [-0.2, 0) is 4.74 Å². The highest BCUT2D eigenvalue weighted by Crippen LogP contribution is 2.30. The van der Waals surface area contributed by atoms with Crippen LogP contribution >= 0.6 is 11.6 Å². The van der Waals surface area contributed by atoms with Crippen LogP contribution in [-0.4, -0.2) is 33.5 Å². The molecule has 0 bridgehead atoms. The summed E-state index contributed by atoms with van der Waals surface area (Å²) in [6, 6.07) is 15.9. The van der Waals surface area contributed by atoms with E-state index < -0.39 is 5.97 Å². The number of methoxy groups -OCH3 is 1. The van der Waals surface area contributed by atoms with E-state index in [0.29, 0.717) is 21.8 Å². The van der Waals surface area contributed by atoms with Crippen LogP contribution in [0.4, 0.5) is 0 Å². The average Bonchev–Trinajstić information content (AvgIpc) is 3.11. The first-order chi connectivity index (χ1) is 14.0. The summed E-state index contributed by atoms with van der Waals surface area (Å²) in [4.78, 5) is 29.5. The zero-order valence-electron chi connectivity index (χ0n) is 15.7. The molecule has 1 aromatic carbocycles. The molecular formula is C22H16ClN3O3. The summed E-state index contributed by atoms with van der Waals surface area (Å²) in [5, 5.41) is 5.14. The van der Waals surface area contributed by atoms with Crippen LogP contribution in [0.3, 0.4) is 0 Å². The standard InChI is InChI=1S/C22H16ClN3O3/c1-13-11-18-19(21(27)16-9-6-10-17(24-16)22(28)29-2)20(14-7-4-3-5-8-14)25-26(18)12-15(13)23/h3-12H,1-2H3. The number of carbonyl (C=O) groups is 2. The fraction of sp³-hybridized carbons (Fsp3) is 0.0909. The van der Waals surface area contributed by atoms with Crippen molar-refractivity contribution in [2.75, 3.05) is 7.11 Å². The Balaban J connectivity index is 1.95. The Morgan fingerprint density at radius 3 is 2.48 bits per heavy atom. The lowest BCUT2D eigenvalue weighted by molar-refractivity contribution is 0.0594. The quantitative estimate of drug-likeness (QED) is 0.372. The van der Waals surface area contributed by atoms with E-state index in [2.05, 4.69) is 10.1 Å². The fourth-order valence-electron chi connectivity index (χ4n) is 3.10. The van der Waals surface area contributed by atoms with E-state index in [-0.39, 0.29) is 17.2 Å². The van der Waals surface area contributed by atoms with Crippen molar-refractivity contribution in [3.8, 4) is 11.3 Å². The van der Waals surface area contributed by atoms with E-state index in [1.807, 2.05) is 43.3 Å². The van der Waals surface area contributed by atoms with Gasteiger partial charge in [-0.3, -0.25) is 4.79 Å². The smallest absolute Gasteiger partial charge is 0.356 e. The van der Waals surface area contributed by atoms with Crippen LogP contribution in [0.5, 0.6) is 0 Å². The number of pyridine rings is 2. The van der Waals surface area contributed by atoms with Gasteiger partial charge in [-0.05, 0) is 30.7 Å². The van der Waals surface area contributed by atoms with E-state index in [9.17, 15) is 9.59 Å². The number of halogens is 1. The molecule has 3 aromatic heterocycles. The molecule has 0 N–H and O–H groups in total. The van der Waals surface area contributed by atoms with Gasteiger partial charge in [-0.25, -0.2) is 14.3 Å². The Labute approximate surface area is 171 Å². The van der Waals surface area contributed by atoms with Crippen molar-refractivity contribution in [1.29, 1.82) is 0 Å². The van der Waals surface area contributed by atoms with Gasteiger partial charge in [0.2, 0.25) is 5.78 Å². The number of rotatable bonds is 4. The monoisotopic (exact) mass is 405 g/mol. The molecule has 144 valence electrons. The van der Waals surface area contributed by atoms with Crippen LogP contribution < -0.4 is 0 Å². The third-order valence-electron chi connectivity index (χ3n) is 4.56. The van der Waals surface area contributed by atoms with Gasteiger partial charge in [-0.2, -0.15) is 5.10 Å². The molecule has 6 nitrogen and oxygen atoms in total. The van der Waals surface area contributed by atoms with Gasteiger partial charge in [0.15, 0.2) is 0 Å². The minimum atomic E-state index is -0.606. The van der Waals surface area contributed by atoms with Crippen LogP contribution in [0.15, 0.2) is 60.8 Å². The molecule has 0 saturated heterocycles. The molecule has 0 amide bonds. The lowest BCUT2D eigenvalue weighted by atomic mass is 10.0. The van der Waals surface area contributed by atoms with Crippen molar-refractivity contribution < 1.29 is 14.3 Å². The van der Waals surface area contributed by atoms with Gasteiger partial charge in [0.1, 0.15) is 17.1 Å². The molecule has 0 spiro atoms. The van der Waals surface area contributed by atoms with Crippen LogP contribution in [0.2, 0.25) is 5.02 Å². The molecule has 0 aliphatic heterocycles. The number of benzene rings is 1. The Morgan fingerprint density at radius 2 is 1.76 bits per heavy atom. The van der Waals surface area contributed by atoms with Crippen molar-refractivity contribution in [2.45, 2.75) is 6.92 Å². The Hall–Kier alpha value is -3.51. The molecule has 0 radical (unpaired) electrons.